The lowest BCUT2D eigenvalue weighted by atomic mass is 10.1. The molecule has 0 saturated carbocycles. The SMILES string of the molecule is CC1CN(C(=O)OC(C)(C)C)CCN1c1ccc(Br)cc1. The van der Waals surface area contributed by atoms with Crippen molar-refractivity contribution in [2.75, 3.05) is 24.5 Å². The molecule has 1 heterocycles. The Labute approximate surface area is 135 Å². The van der Waals surface area contributed by atoms with Crippen LogP contribution < -0.4 is 4.90 Å². The fraction of sp³-hybridized carbons (Fsp3) is 0.562. The van der Waals surface area contributed by atoms with E-state index in [0.717, 1.165) is 11.0 Å². The van der Waals surface area contributed by atoms with Gasteiger partial charge in [0, 0.05) is 35.8 Å². The molecule has 1 saturated heterocycles. The van der Waals surface area contributed by atoms with Gasteiger partial charge in [0.1, 0.15) is 5.60 Å². The van der Waals surface area contributed by atoms with Crippen LogP contribution in [0.4, 0.5) is 10.5 Å². The number of hydrogen-bond donors (Lipinski definition) is 0. The van der Waals surface area contributed by atoms with Crippen LogP contribution in [0.5, 0.6) is 0 Å². The monoisotopic (exact) mass is 354 g/mol. The molecule has 0 N–H and O–H groups in total. The zero-order valence-electron chi connectivity index (χ0n) is 13.1. The van der Waals surface area contributed by atoms with E-state index >= 15 is 0 Å². The normalized spacial score (nSPS) is 19.6. The standard InChI is InChI=1S/C16H23BrN2O2/c1-12-11-18(15(20)21-16(2,3)4)9-10-19(12)14-7-5-13(17)6-8-14/h5-8,12H,9-11H2,1-4H3. The Hall–Kier alpha value is -1.23. The molecular formula is C16H23BrN2O2. The first-order valence-electron chi connectivity index (χ1n) is 7.26. The molecule has 0 aromatic heterocycles. The van der Waals surface area contributed by atoms with Crippen molar-refractivity contribution < 1.29 is 9.53 Å². The lowest BCUT2D eigenvalue weighted by Gasteiger charge is -2.41. The maximum Gasteiger partial charge on any atom is 0.410 e. The summed E-state index contributed by atoms with van der Waals surface area (Å²) in [5.41, 5.74) is 0.748. The highest BCUT2D eigenvalue weighted by molar-refractivity contribution is 9.10. The Morgan fingerprint density at radius 3 is 2.38 bits per heavy atom. The summed E-state index contributed by atoms with van der Waals surface area (Å²) < 4.78 is 6.52. The Morgan fingerprint density at radius 2 is 1.86 bits per heavy atom. The van der Waals surface area contributed by atoms with E-state index in [1.807, 2.05) is 32.9 Å². The van der Waals surface area contributed by atoms with Gasteiger partial charge in [0.05, 0.1) is 0 Å². The maximum atomic E-state index is 12.1. The fourth-order valence-electron chi connectivity index (χ4n) is 2.47. The van der Waals surface area contributed by atoms with Crippen molar-refractivity contribution in [1.29, 1.82) is 0 Å². The van der Waals surface area contributed by atoms with Crippen LogP contribution in [0.2, 0.25) is 0 Å². The van der Waals surface area contributed by atoms with Gasteiger partial charge in [-0.15, -0.1) is 0 Å². The van der Waals surface area contributed by atoms with Gasteiger partial charge in [0.2, 0.25) is 0 Å². The maximum absolute atomic E-state index is 12.1. The highest BCUT2D eigenvalue weighted by Gasteiger charge is 2.29. The van der Waals surface area contributed by atoms with E-state index in [1.165, 1.54) is 5.69 Å². The largest absolute Gasteiger partial charge is 0.444 e. The number of carbonyl (C=O) groups excluding carboxylic acids is 1. The summed E-state index contributed by atoms with van der Waals surface area (Å²) in [4.78, 5) is 16.2. The number of piperazine rings is 1. The summed E-state index contributed by atoms with van der Waals surface area (Å²) in [7, 11) is 0. The Kier molecular flexibility index (Phi) is 4.81. The van der Waals surface area contributed by atoms with Crippen molar-refractivity contribution in [3.63, 3.8) is 0 Å². The predicted octanol–water partition coefficient (Wildman–Crippen LogP) is 3.89. The van der Waals surface area contributed by atoms with Gasteiger partial charge in [-0.3, -0.25) is 0 Å². The Morgan fingerprint density at radius 1 is 1.24 bits per heavy atom. The van der Waals surface area contributed by atoms with Gasteiger partial charge in [-0.25, -0.2) is 4.79 Å². The second-order valence-electron chi connectivity index (χ2n) is 6.45. The number of ether oxygens (including phenoxy) is 1. The smallest absolute Gasteiger partial charge is 0.410 e. The van der Waals surface area contributed by atoms with Crippen molar-refractivity contribution in [3.8, 4) is 0 Å². The molecule has 0 radical (unpaired) electrons. The molecule has 0 aliphatic carbocycles. The van der Waals surface area contributed by atoms with Gasteiger partial charge in [0.25, 0.3) is 0 Å². The summed E-state index contributed by atoms with van der Waals surface area (Å²) in [6, 6.07) is 8.56. The van der Waals surface area contributed by atoms with Crippen LogP contribution in [-0.4, -0.2) is 42.3 Å². The van der Waals surface area contributed by atoms with Crippen molar-refractivity contribution in [2.45, 2.75) is 39.3 Å². The van der Waals surface area contributed by atoms with Gasteiger partial charge < -0.3 is 14.5 Å². The molecule has 0 bridgehead atoms. The average molecular weight is 355 g/mol. The van der Waals surface area contributed by atoms with Crippen LogP contribution >= 0.6 is 15.9 Å². The van der Waals surface area contributed by atoms with E-state index in [0.29, 0.717) is 13.1 Å². The van der Waals surface area contributed by atoms with Crippen molar-refractivity contribution in [3.05, 3.63) is 28.7 Å². The highest BCUT2D eigenvalue weighted by atomic mass is 79.9. The first-order valence-corrected chi connectivity index (χ1v) is 8.06. The van der Waals surface area contributed by atoms with Gasteiger partial charge in [-0.1, -0.05) is 15.9 Å². The lowest BCUT2D eigenvalue weighted by molar-refractivity contribution is 0.0219. The Bertz CT molecular complexity index is 496. The lowest BCUT2D eigenvalue weighted by Crippen LogP contribution is -2.54. The molecule has 1 unspecified atom stereocenters. The van der Waals surface area contributed by atoms with E-state index in [-0.39, 0.29) is 12.1 Å². The van der Waals surface area contributed by atoms with Crippen LogP contribution in [0.15, 0.2) is 28.7 Å². The molecule has 116 valence electrons. The highest BCUT2D eigenvalue weighted by Crippen LogP contribution is 2.23. The van der Waals surface area contributed by atoms with Gasteiger partial charge in [-0.2, -0.15) is 0 Å². The zero-order valence-corrected chi connectivity index (χ0v) is 14.7. The summed E-state index contributed by atoms with van der Waals surface area (Å²) >= 11 is 3.45. The molecule has 21 heavy (non-hydrogen) atoms. The quantitative estimate of drug-likeness (QED) is 0.766. The van der Waals surface area contributed by atoms with E-state index in [1.54, 1.807) is 4.90 Å². The molecule has 1 aliphatic rings. The number of halogens is 1. The third kappa shape index (κ3) is 4.37. The molecule has 1 atom stereocenters. The molecule has 1 aromatic carbocycles. The number of anilines is 1. The number of rotatable bonds is 1. The van der Waals surface area contributed by atoms with Crippen molar-refractivity contribution in [1.82, 2.24) is 4.90 Å². The molecule has 1 amide bonds. The second-order valence-corrected chi connectivity index (χ2v) is 7.36. The van der Waals surface area contributed by atoms with E-state index in [4.69, 9.17) is 4.74 Å². The minimum absolute atomic E-state index is 0.218. The number of amides is 1. The number of hydrogen-bond acceptors (Lipinski definition) is 3. The van der Waals surface area contributed by atoms with Gasteiger partial charge in [-0.05, 0) is 52.0 Å². The van der Waals surface area contributed by atoms with Crippen LogP contribution in [-0.2, 0) is 4.74 Å². The van der Waals surface area contributed by atoms with Crippen LogP contribution in [0.25, 0.3) is 0 Å². The van der Waals surface area contributed by atoms with Crippen molar-refractivity contribution >= 4 is 27.7 Å². The molecular weight excluding hydrogens is 332 g/mol. The molecule has 1 aliphatic heterocycles. The molecule has 1 aromatic rings. The minimum Gasteiger partial charge on any atom is -0.444 e. The topological polar surface area (TPSA) is 32.8 Å². The first-order chi connectivity index (χ1) is 9.76. The van der Waals surface area contributed by atoms with E-state index < -0.39 is 5.60 Å². The third-order valence-electron chi connectivity index (χ3n) is 3.44. The molecule has 4 nitrogen and oxygen atoms in total. The van der Waals surface area contributed by atoms with Gasteiger partial charge >= 0.3 is 6.09 Å². The third-order valence-corrected chi connectivity index (χ3v) is 3.97. The predicted molar refractivity (Wildman–Crippen MR) is 88.8 cm³/mol. The summed E-state index contributed by atoms with van der Waals surface area (Å²) in [5, 5.41) is 0. The summed E-state index contributed by atoms with van der Waals surface area (Å²) in [5.74, 6) is 0. The first kappa shape index (κ1) is 16.1. The van der Waals surface area contributed by atoms with Gasteiger partial charge in [0.15, 0.2) is 0 Å². The zero-order chi connectivity index (χ0) is 15.6. The molecule has 0 spiro atoms. The second kappa shape index (κ2) is 6.26. The fourth-order valence-corrected chi connectivity index (χ4v) is 2.73. The van der Waals surface area contributed by atoms with E-state index in [9.17, 15) is 4.79 Å². The number of benzene rings is 1. The van der Waals surface area contributed by atoms with Crippen LogP contribution in [0, 0.1) is 0 Å². The summed E-state index contributed by atoms with van der Waals surface area (Å²) in [6.07, 6.45) is -0.218. The number of nitrogens with zero attached hydrogens (tertiary/aromatic N) is 2. The van der Waals surface area contributed by atoms with Crippen molar-refractivity contribution in [2.24, 2.45) is 0 Å². The average Bonchev–Trinajstić information content (AvgIpc) is 2.38. The number of carbonyl (C=O) groups is 1. The molecule has 1 fully saturated rings. The minimum atomic E-state index is -0.441. The van der Waals surface area contributed by atoms with Crippen LogP contribution in [0.1, 0.15) is 27.7 Å². The summed E-state index contributed by atoms with van der Waals surface area (Å²) in [6.45, 7) is 10.0. The molecule has 2 rings (SSSR count). The Balaban J connectivity index is 1.99. The van der Waals surface area contributed by atoms with E-state index in [2.05, 4.69) is 39.9 Å². The molecule has 5 heteroatoms. The van der Waals surface area contributed by atoms with Crippen LogP contribution in [0.3, 0.4) is 0 Å².